The summed E-state index contributed by atoms with van der Waals surface area (Å²) in [4.78, 5) is 13.9. The molecule has 0 fully saturated rings. The van der Waals surface area contributed by atoms with Crippen LogP contribution in [0.1, 0.15) is 46.2 Å². The minimum absolute atomic E-state index is 0.00907. The highest BCUT2D eigenvalue weighted by atomic mass is 16.5. The summed E-state index contributed by atoms with van der Waals surface area (Å²) in [5.41, 5.74) is 8.33. The van der Waals surface area contributed by atoms with Gasteiger partial charge in [-0.2, -0.15) is 9.97 Å². The molecule has 0 spiro atoms. The maximum absolute atomic E-state index is 10.2. The number of anilines is 3. The van der Waals surface area contributed by atoms with Crippen LogP contribution in [0.2, 0.25) is 0 Å². The molecule has 0 amide bonds. The summed E-state index contributed by atoms with van der Waals surface area (Å²) in [6.45, 7) is 10.7. The van der Waals surface area contributed by atoms with Crippen LogP contribution in [0.3, 0.4) is 0 Å². The van der Waals surface area contributed by atoms with Gasteiger partial charge in [-0.1, -0.05) is 6.92 Å². The molecule has 1 unspecified atom stereocenters. The molecule has 2 heterocycles. The first-order valence-corrected chi connectivity index (χ1v) is 10.5. The fourth-order valence-electron chi connectivity index (χ4n) is 3.03. The van der Waals surface area contributed by atoms with Gasteiger partial charge in [0.15, 0.2) is 17.0 Å². The summed E-state index contributed by atoms with van der Waals surface area (Å²) in [6, 6.07) is 5.75. The van der Waals surface area contributed by atoms with Crippen molar-refractivity contribution in [1.29, 1.82) is 0 Å². The van der Waals surface area contributed by atoms with Gasteiger partial charge in [0.25, 0.3) is 0 Å². The highest BCUT2D eigenvalue weighted by Gasteiger charge is 2.23. The normalized spacial score (nSPS) is 12.9. The number of nitrogen functional groups attached to an aromatic ring is 1. The molecule has 9 nitrogen and oxygen atoms in total. The zero-order valence-electron chi connectivity index (χ0n) is 19.1. The van der Waals surface area contributed by atoms with Crippen LogP contribution in [0.4, 0.5) is 17.5 Å². The van der Waals surface area contributed by atoms with E-state index < -0.39 is 5.60 Å². The second kappa shape index (κ2) is 8.97. The van der Waals surface area contributed by atoms with Gasteiger partial charge >= 0.3 is 0 Å². The minimum Gasteiger partial charge on any atom is -0.497 e. The van der Waals surface area contributed by atoms with Crippen molar-refractivity contribution in [2.45, 2.75) is 52.8 Å². The number of fused-ring (bicyclic) bond motifs is 1. The van der Waals surface area contributed by atoms with E-state index in [9.17, 15) is 5.11 Å². The minimum atomic E-state index is -0.804. The van der Waals surface area contributed by atoms with Gasteiger partial charge in [-0.25, -0.2) is 4.98 Å². The van der Waals surface area contributed by atoms with Crippen molar-refractivity contribution in [1.82, 2.24) is 19.5 Å². The molecule has 168 valence electrons. The SMILES string of the molecule is COc1ccc(N)c(CNc2nc(NCC(C)C(C)(C)O)nc3c2ncn3C(C)C)c1. The lowest BCUT2D eigenvalue weighted by Crippen LogP contribution is -2.33. The number of nitrogens with zero attached hydrogens (tertiary/aromatic N) is 4. The first kappa shape index (κ1) is 22.6. The Hall–Kier alpha value is -3.07. The molecule has 0 aliphatic carbocycles. The van der Waals surface area contributed by atoms with E-state index in [1.165, 1.54) is 0 Å². The van der Waals surface area contributed by atoms with Crippen molar-refractivity contribution < 1.29 is 9.84 Å². The number of aromatic nitrogens is 4. The van der Waals surface area contributed by atoms with Crippen LogP contribution in [-0.2, 0) is 6.54 Å². The summed E-state index contributed by atoms with van der Waals surface area (Å²) < 4.78 is 7.31. The Morgan fingerprint density at radius 3 is 2.58 bits per heavy atom. The van der Waals surface area contributed by atoms with Crippen LogP contribution in [0.5, 0.6) is 5.75 Å². The molecular formula is C22H33N7O2. The van der Waals surface area contributed by atoms with Gasteiger partial charge in [0, 0.05) is 30.7 Å². The zero-order chi connectivity index (χ0) is 22.8. The standard InChI is InChI=1S/C22H33N7O2/c1-13(2)29-12-26-18-19(24-11-15-9-16(31-6)7-8-17(15)23)27-21(28-20(18)29)25-10-14(3)22(4,5)30/h7-9,12-14,30H,10-11,23H2,1-6H3,(H2,24,25,27,28). The Labute approximate surface area is 183 Å². The number of rotatable bonds is 9. The van der Waals surface area contributed by atoms with E-state index in [2.05, 4.69) is 39.4 Å². The van der Waals surface area contributed by atoms with Crippen LogP contribution in [-0.4, -0.2) is 43.9 Å². The number of nitrogens with one attached hydrogen (secondary N) is 2. The predicted molar refractivity (Wildman–Crippen MR) is 124 cm³/mol. The van der Waals surface area contributed by atoms with Crippen LogP contribution in [0, 0.1) is 5.92 Å². The molecule has 0 saturated heterocycles. The number of nitrogens with two attached hydrogens (primary N) is 1. The first-order chi connectivity index (χ1) is 14.6. The van der Waals surface area contributed by atoms with Gasteiger partial charge in [-0.15, -0.1) is 0 Å². The summed E-state index contributed by atoms with van der Waals surface area (Å²) >= 11 is 0. The second-order valence-corrected chi connectivity index (χ2v) is 8.67. The molecule has 0 aliphatic heterocycles. The number of ether oxygens (including phenoxy) is 1. The highest BCUT2D eigenvalue weighted by Crippen LogP contribution is 2.26. The molecular weight excluding hydrogens is 394 g/mol. The van der Waals surface area contributed by atoms with E-state index in [-0.39, 0.29) is 12.0 Å². The smallest absolute Gasteiger partial charge is 0.226 e. The van der Waals surface area contributed by atoms with Crippen LogP contribution in [0.25, 0.3) is 11.2 Å². The Morgan fingerprint density at radius 2 is 1.94 bits per heavy atom. The molecule has 2 aromatic heterocycles. The maximum Gasteiger partial charge on any atom is 0.226 e. The Bertz CT molecular complexity index is 1040. The zero-order valence-corrected chi connectivity index (χ0v) is 19.1. The van der Waals surface area contributed by atoms with Gasteiger partial charge < -0.3 is 30.8 Å². The molecule has 1 atom stereocenters. The van der Waals surface area contributed by atoms with Gasteiger partial charge in [-0.3, -0.25) is 0 Å². The number of aliphatic hydroxyl groups is 1. The van der Waals surface area contributed by atoms with Crippen LogP contribution in [0.15, 0.2) is 24.5 Å². The van der Waals surface area contributed by atoms with Crippen molar-refractivity contribution in [2.24, 2.45) is 5.92 Å². The molecule has 0 saturated carbocycles. The van der Waals surface area contributed by atoms with Gasteiger partial charge in [0.2, 0.25) is 5.95 Å². The summed E-state index contributed by atoms with van der Waals surface area (Å²) in [5.74, 6) is 1.85. The third-order valence-corrected chi connectivity index (χ3v) is 5.55. The van der Waals surface area contributed by atoms with Gasteiger partial charge in [0.1, 0.15) is 5.75 Å². The molecule has 5 N–H and O–H groups in total. The van der Waals surface area contributed by atoms with Crippen molar-refractivity contribution in [3.8, 4) is 5.75 Å². The van der Waals surface area contributed by atoms with Crippen molar-refractivity contribution in [3.63, 3.8) is 0 Å². The predicted octanol–water partition coefficient (Wildman–Crippen LogP) is 3.43. The fourth-order valence-corrected chi connectivity index (χ4v) is 3.03. The van der Waals surface area contributed by atoms with Gasteiger partial charge in [0.05, 0.1) is 19.0 Å². The summed E-state index contributed by atoms with van der Waals surface area (Å²) in [6.07, 6.45) is 1.78. The fraction of sp³-hybridized carbons (Fsp3) is 0.500. The van der Waals surface area contributed by atoms with E-state index in [1.807, 2.05) is 29.7 Å². The topological polar surface area (TPSA) is 123 Å². The van der Waals surface area contributed by atoms with Crippen LogP contribution >= 0.6 is 0 Å². The highest BCUT2D eigenvalue weighted by molar-refractivity contribution is 5.84. The molecule has 9 heteroatoms. The lowest BCUT2D eigenvalue weighted by atomic mass is 9.93. The van der Waals surface area contributed by atoms with Crippen molar-refractivity contribution in [3.05, 3.63) is 30.1 Å². The molecule has 3 rings (SSSR count). The summed E-state index contributed by atoms with van der Waals surface area (Å²) in [7, 11) is 1.63. The third kappa shape index (κ3) is 5.16. The monoisotopic (exact) mass is 427 g/mol. The number of hydrogen-bond donors (Lipinski definition) is 4. The van der Waals surface area contributed by atoms with E-state index in [4.69, 9.17) is 10.5 Å². The number of imidazole rings is 1. The number of methoxy groups -OCH3 is 1. The quantitative estimate of drug-likeness (QED) is 0.383. The third-order valence-electron chi connectivity index (χ3n) is 5.55. The molecule has 0 aliphatic rings. The first-order valence-electron chi connectivity index (χ1n) is 10.5. The second-order valence-electron chi connectivity index (χ2n) is 8.67. The number of hydrogen-bond acceptors (Lipinski definition) is 8. The average molecular weight is 428 g/mol. The average Bonchev–Trinajstić information content (AvgIpc) is 3.14. The van der Waals surface area contributed by atoms with Crippen molar-refractivity contribution in [2.75, 3.05) is 30.0 Å². The van der Waals surface area contributed by atoms with Crippen molar-refractivity contribution >= 4 is 28.6 Å². The molecule has 31 heavy (non-hydrogen) atoms. The Morgan fingerprint density at radius 1 is 1.19 bits per heavy atom. The van der Waals surface area contributed by atoms with Crippen LogP contribution < -0.4 is 21.1 Å². The Balaban J connectivity index is 1.92. The lowest BCUT2D eigenvalue weighted by Gasteiger charge is -2.26. The largest absolute Gasteiger partial charge is 0.497 e. The summed E-state index contributed by atoms with van der Waals surface area (Å²) in [5, 5.41) is 16.8. The van der Waals surface area contributed by atoms with E-state index >= 15 is 0 Å². The van der Waals surface area contributed by atoms with E-state index in [0.717, 1.165) is 17.0 Å². The van der Waals surface area contributed by atoms with E-state index in [1.54, 1.807) is 27.3 Å². The molecule has 3 aromatic rings. The maximum atomic E-state index is 10.2. The molecule has 0 bridgehead atoms. The van der Waals surface area contributed by atoms with E-state index in [0.29, 0.717) is 36.1 Å². The lowest BCUT2D eigenvalue weighted by molar-refractivity contribution is 0.0303. The molecule has 0 radical (unpaired) electrons. The Kier molecular flexibility index (Phi) is 6.54. The van der Waals surface area contributed by atoms with Gasteiger partial charge in [-0.05, 0) is 51.5 Å². The number of benzene rings is 1. The molecule has 1 aromatic carbocycles.